The molecule has 1 unspecified atom stereocenters. The molecule has 2 amide bonds. The van der Waals surface area contributed by atoms with Crippen molar-refractivity contribution in [3.8, 4) is 5.75 Å². The summed E-state index contributed by atoms with van der Waals surface area (Å²) in [5.74, 6) is -11.1. The molecule has 1 atom stereocenters. The fourth-order valence-electron chi connectivity index (χ4n) is 1.86. The number of halogens is 4. The van der Waals surface area contributed by atoms with Gasteiger partial charge in [-0.1, -0.05) is 0 Å². The molecule has 0 radical (unpaired) electrons. The highest BCUT2D eigenvalue weighted by Crippen LogP contribution is 2.26. The number of hydrogen-bond donors (Lipinski definition) is 0. The normalized spacial score (nSPS) is 15.0. The summed E-state index contributed by atoms with van der Waals surface area (Å²) in [7, 11) is 0. The smallest absolute Gasteiger partial charge is 0.340 e. The second kappa shape index (κ2) is 7.43. The fraction of sp³-hybridized carbons (Fsp3) is 0.267. The van der Waals surface area contributed by atoms with Crippen LogP contribution in [0.3, 0.4) is 0 Å². The molecular formula is C15H11F4NO5. The molecule has 0 aromatic heterocycles. The van der Waals surface area contributed by atoms with Gasteiger partial charge < -0.3 is 9.47 Å². The third-order valence-electron chi connectivity index (χ3n) is 3.19. The van der Waals surface area contributed by atoms with Crippen LogP contribution in [0.1, 0.15) is 6.92 Å². The van der Waals surface area contributed by atoms with Crippen LogP contribution in [0, 0.1) is 23.3 Å². The zero-order valence-corrected chi connectivity index (χ0v) is 12.7. The third kappa shape index (κ3) is 4.02. The molecule has 0 fully saturated rings. The minimum atomic E-state index is -1.86. The lowest BCUT2D eigenvalue weighted by atomic mass is 10.3. The van der Waals surface area contributed by atoms with Crippen molar-refractivity contribution in [2.45, 2.75) is 13.0 Å². The molecule has 25 heavy (non-hydrogen) atoms. The quantitative estimate of drug-likeness (QED) is 0.252. The summed E-state index contributed by atoms with van der Waals surface area (Å²) in [6, 6.07) is -0.0277. The summed E-state index contributed by atoms with van der Waals surface area (Å²) in [5.41, 5.74) is 0. The Hall–Kier alpha value is -2.75. The maximum Gasteiger partial charge on any atom is 0.340 e. The van der Waals surface area contributed by atoms with E-state index in [0.717, 1.165) is 24.0 Å². The highest BCUT2D eigenvalue weighted by atomic mass is 19.2. The molecule has 1 aromatic rings. The summed E-state index contributed by atoms with van der Waals surface area (Å²) in [6.45, 7) is 0.719. The number of imide groups is 1. The van der Waals surface area contributed by atoms with E-state index >= 15 is 0 Å². The van der Waals surface area contributed by atoms with Gasteiger partial charge in [-0.15, -0.1) is 0 Å². The van der Waals surface area contributed by atoms with Crippen molar-refractivity contribution in [3.05, 3.63) is 41.5 Å². The minimum Gasteiger partial charge on any atom is -0.418 e. The first-order valence-electron chi connectivity index (χ1n) is 6.92. The topological polar surface area (TPSA) is 72.9 Å². The predicted octanol–water partition coefficient (Wildman–Crippen LogP) is 1.48. The van der Waals surface area contributed by atoms with E-state index in [1.54, 1.807) is 0 Å². The van der Waals surface area contributed by atoms with Crippen molar-refractivity contribution < 1.29 is 41.4 Å². The van der Waals surface area contributed by atoms with Crippen LogP contribution in [0.5, 0.6) is 5.75 Å². The molecule has 10 heteroatoms. The molecule has 2 rings (SSSR count). The monoisotopic (exact) mass is 361 g/mol. The molecule has 0 saturated heterocycles. The Morgan fingerprint density at radius 3 is 2.12 bits per heavy atom. The van der Waals surface area contributed by atoms with Crippen molar-refractivity contribution in [2.24, 2.45) is 0 Å². The zero-order valence-electron chi connectivity index (χ0n) is 12.7. The van der Waals surface area contributed by atoms with Crippen molar-refractivity contribution >= 4 is 17.8 Å². The third-order valence-corrected chi connectivity index (χ3v) is 3.19. The molecule has 134 valence electrons. The lowest BCUT2D eigenvalue weighted by molar-refractivity contribution is -0.147. The van der Waals surface area contributed by atoms with Gasteiger partial charge in [0, 0.05) is 18.2 Å². The maximum absolute atomic E-state index is 13.4. The zero-order chi connectivity index (χ0) is 18.7. The maximum atomic E-state index is 13.4. The highest BCUT2D eigenvalue weighted by molar-refractivity contribution is 6.12. The van der Waals surface area contributed by atoms with Crippen molar-refractivity contribution in [1.29, 1.82) is 0 Å². The molecule has 1 aromatic carbocycles. The van der Waals surface area contributed by atoms with E-state index in [9.17, 15) is 31.9 Å². The van der Waals surface area contributed by atoms with Crippen LogP contribution in [0.15, 0.2) is 18.2 Å². The van der Waals surface area contributed by atoms with Gasteiger partial charge in [-0.3, -0.25) is 14.5 Å². The molecular weight excluding hydrogens is 350 g/mol. The Balaban J connectivity index is 1.93. The first-order valence-corrected chi connectivity index (χ1v) is 6.92. The van der Waals surface area contributed by atoms with Gasteiger partial charge in [0.05, 0.1) is 13.2 Å². The lowest BCUT2D eigenvalue weighted by Gasteiger charge is -2.16. The second-order valence-corrected chi connectivity index (χ2v) is 4.89. The highest BCUT2D eigenvalue weighted by Gasteiger charge is 2.27. The van der Waals surface area contributed by atoms with Gasteiger partial charge in [0.15, 0.2) is 17.7 Å². The summed E-state index contributed by atoms with van der Waals surface area (Å²) < 4.78 is 62.2. The number of ether oxygens (including phenoxy) is 2. The Bertz CT molecular complexity index is 721. The Kier molecular flexibility index (Phi) is 5.52. The van der Waals surface area contributed by atoms with Crippen LogP contribution in [-0.4, -0.2) is 41.9 Å². The van der Waals surface area contributed by atoms with Gasteiger partial charge in [-0.25, -0.2) is 13.6 Å². The molecule has 0 spiro atoms. The first-order chi connectivity index (χ1) is 11.7. The predicted molar refractivity (Wildman–Crippen MR) is 73.2 cm³/mol. The van der Waals surface area contributed by atoms with Crippen molar-refractivity contribution in [1.82, 2.24) is 4.90 Å². The molecule has 0 N–H and O–H groups in total. The summed E-state index contributed by atoms with van der Waals surface area (Å²) in [4.78, 5) is 35.1. The van der Waals surface area contributed by atoms with Gasteiger partial charge in [0.1, 0.15) is 0 Å². The number of carbonyl (C=O) groups excluding carboxylic acids is 3. The summed E-state index contributed by atoms with van der Waals surface area (Å²) in [5, 5.41) is 0. The molecule has 0 aliphatic carbocycles. The SMILES string of the molecule is CC(OCCN1C(=O)C=CC1=O)C(=O)Oc1c(F)c(F)cc(F)c1F. The minimum absolute atomic E-state index is 0.0277. The van der Waals surface area contributed by atoms with E-state index in [-0.39, 0.29) is 19.2 Å². The number of nitrogens with zero attached hydrogens (tertiary/aromatic N) is 1. The molecule has 1 aliphatic heterocycles. The lowest BCUT2D eigenvalue weighted by Crippen LogP contribution is -2.35. The van der Waals surface area contributed by atoms with E-state index in [0.29, 0.717) is 0 Å². The largest absolute Gasteiger partial charge is 0.418 e. The van der Waals surface area contributed by atoms with E-state index in [1.807, 2.05) is 0 Å². The van der Waals surface area contributed by atoms with Gasteiger partial charge >= 0.3 is 5.97 Å². The number of carbonyl (C=O) groups is 3. The van der Waals surface area contributed by atoms with Crippen LogP contribution < -0.4 is 4.74 Å². The van der Waals surface area contributed by atoms with Gasteiger partial charge in [-0.05, 0) is 6.92 Å². The van der Waals surface area contributed by atoms with E-state index in [1.165, 1.54) is 0 Å². The average Bonchev–Trinajstić information content (AvgIpc) is 2.88. The number of esters is 1. The van der Waals surface area contributed by atoms with Gasteiger partial charge in [0.2, 0.25) is 17.4 Å². The van der Waals surface area contributed by atoms with Crippen LogP contribution in [0.4, 0.5) is 17.6 Å². The number of rotatable bonds is 6. The number of amides is 2. The van der Waals surface area contributed by atoms with E-state index in [4.69, 9.17) is 4.74 Å². The second-order valence-electron chi connectivity index (χ2n) is 4.89. The van der Waals surface area contributed by atoms with Gasteiger partial charge in [-0.2, -0.15) is 8.78 Å². The van der Waals surface area contributed by atoms with Crippen molar-refractivity contribution in [3.63, 3.8) is 0 Å². The van der Waals surface area contributed by atoms with E-state index < -0.39 is 52.9 Å². The first kappa shape index (κ1) is 18.6. The Morgan fingerprint density at radius 1 is 1.08 bits per heavy atom. The Labute approximate surface area is 138 Å². The van der Waals surface area contributed by atoms with Crippen LogP contribution in [0.2, 0.25) is 0 Å². The molecule has 1 aliphatic rings. The molecule has 0 saturated carbocycles. The Morgan fingerprint density at radius 2 is 1.60 bits per heavy atom. The van der Waals surface area contributed by atoms with Crippen LogP contribution in [0.25, 0.3) is 0 Å². The summed E-state index contributed by atoms with van der Waals surface area (Å²) in [6.07, 6.45) is 0.736. The fourth-order valence-corrected chi connectivity index (χ4v) is 1.86. The molecule has 1 heterocycles. The molecule has 6 nitrogen and oxygen atoms in total. The van der Waals surface area contributed by atoms with Crippen LogP contribution >= 0.6 is 0 Å². The number of hydrogen-bond acceptors (Lipinski definition) is 5. The average molecular weight is 361 g/mol. The van der Waals surface area contributed by atoms with Gasteiger partial charge in [0.25, 0.3) is 11.8 Å². The standard InChI is InChI=1S/C15H11F4NO5/c1-7(24-5-4-20-10(21)2-3-11(20)22)15(23)25-14-12(18)8(16)6-9(17)13(14)19/h2-3,6-7H,4-5H2,1H3. The van der Waals surface area contributed by atoms with E-state index in [2.05, 4.69) is 4.74 Å². The molecule has 0 bridgehead atoms. The number of benzene rings is 1. The van der Waals surface area contributed by atoms with Crippen LogP contribution in [-0.2, 0) is 19.1 Å². The summed E-state index contributed by atoms with van der Waals surface area (Å²) >= 11 is 0. The van der Waals surface area contributed by atoms with Crippen molar-refractivity contribution in [2.75, 3.05) is 13.2 Å².